The number of hydrogen-bond donors (Lipinski definition) is 0. The van der Waals surface area contributed by atoms with Gasteiger partial charge in [-0.25, -0.2) is 0 Å². The highest BCUT2D eigenvalue weighted by molar-refractivity contribution is 14.1. The molecule has 2 fully saturated rings. The van der Waals surface area contributed by atoms with Crippen LogP contribution in [-0.4, -0.2) is 65.9 Å². The zero-order chi connectivity index (χ0) is 16.9. The molecule has 0 bridgehead atoms. The van der Waals surface area contributed by atoms with Crippen molar-refractivity contribution in [3.8, 4) is 6.07 Å². The molecule has 2 saturated heterocycles. The van der Waals surface area contributed by atoms with E-state index in [0.717, 1.165) is 52.1 Å². The van der Waals surface area contributed by atoms with Crippen LogP contribution < -0.4 is 0 Å². The number of hydrogen-bond acceptors (Lipinski definition) is 4. The van der Waals surface area contributed by atoms with Gasteiger partial charge in [-0.15, -0.1) is 0 Å². The molecule has 3 rings (SSSR count). The van der Waals surface area contributed by atoms with Gasteiger partial charge in [0, 0.05) is 42.8 Å². The van der Waals surface area contributed by atoms with Crippen molar-refractivity contribution in [1.82, 2.24) is 14.7 Å². The summed E-state index contributed by atoms with van der Waals surface area (Å²) in [5.41, 5.74) is 1.35. The van der Waals surface area contributed by atoms with Crippen molar-refractivity contribution >= 4 is 28.5 Å². The molecule has 0 spiro atoms. The first kappa shape index (κ1) is 17.6. The summed E-state index contributed by atoms with van der Waals surface area (Å²) < 4.78 is 1.27. The van der Waals surface area contributed by atoms with Crippen LogP contribution in [-0.2, 0) is 11.3 Å². The Bertz CT molecular complexity index is 622. The molecule has 1 amide bonds. The summed E-state index contributed by atoms with van der Waals surface area (Å²) in [4.78, 5) is 18.8. The number of amides is 1. The van der Waals surface area contributed by atoms with Crippen molar-refractivity contribution < 1.29 is 4.79 Å². The first-order valence-corrected chi connectivity index (χ1v) is 9.62. The first-order chi connectivity index (χ1) is 11.7. The van der Waals surface area contributed by atoms with Gasteiger partial charge < -0.3 is 4.90 Å². The molecule has 0 radical (unpaired) electrons. The summed E-state index contributed by atoms with van der Waals surface area (Å²) in [6.45, 7) is 5.97. The normalized spacial score (nSPS) is 22.5. The maximum atomic E-state index is 12.4. The Labute approximate surface area is 157 Å². The second-order valence-corrected chi connectivity index (χ2v) is 7.80. The molecule has 1 aromatic carbocycles. The number of nitrogens with zero attached hydrogens (tertiary/aromatic N) is 4. The largest absolute Gasteiger partial charge is 0.326 e. The lowest BCUT2D eigenvalue weighted by molar-refractivity contribution is -0.132. The van der Waals surface area contributed by atoms with Crippen LogP contribution in [0.25, 0.3) is 0 Å². The Morgan fingerprint density at radius 3 is 2.67 bits per heavy atom. The summed E-state index contributed by atoms with van der Waals surface area (Å²) in [7, 11) is 0. The highest BCUT2D eigenvalue weighted by Crippen LogP contribution is 2.17. The minimum Gasteiger partial charge on any atom is -0.326 e. The molecule has 2 aliphatic rings. The van der Waals surface area contributed by atoms with Gasteiger partial charge in [0.1, 0.15) is 6.04 Å². The molecule has 0 aromatic heterocycles. The number of nitriles is 1. The van der Waals surface area contributed by atoms with Gasteiger partial charge in [0.05, 0.1) is 12.6 Å². The maximum Gasteiger partial charge on any atom is 0.237 e. The smallest absolute Gasteiger partial charge is 0.237 e. The Hall–Kier alpha value is -1.17. The highest BCUT2D eigenvalue weighted by atomic mass is 127. The maximum absolute atomic E-state index is 12.4. The Morgan fingerprint density at radius 2 is 1.96 bits per heavy atom. The van der Waals surface area contributed by atoms with E-state index in [9.17, 15) is 4.79 Å². The van der Waals surface area contributed by atoms with Crippen LogP contribution in [0.2, 0.25) is 0 Å². The highest BCUT2D eigenvalue weighted by Gasteiger charge is 2.30. The molecular weight excluding hydrogens is 415 g/mol. The van der Waals surface area contributed by atoms with Crippen molar-refractivity contribution in [2.75, 3.05) is 39.3 Å². The molecule has 128 valence electrons. The molecule has 0 saturated carbocycles. The molecule has 0 N–H and O–H groups in total. The van der Waals surface area contributed by atoms with Crippen LogP contribution >= 0.6 is 22.6 Å². The number of benzene rings is 1. The van der Waals surface area contributed by atoms with Gasteiger partial charge in [0.15, 0.2) is 0 Å². The fraction of sp³-hybridized carbons (Fsp3) is 0.556. The predicted molar refractivity (Wildman–Crippen MR) is 101 cm³/mol. The molecule has 1 unspecified atom stereocenters. The topological polar surface area (TPSA) is 50.6 Å². The third kappa shape index (κ3) is 4.47. The van der Waals surface area contributed by atoms with Gasteiger partial charge in [-0.05, 0) is 53.1 Å². The minimum absolute atomic E-state index is 0.116. The average molecular weight is 438 g/mol. The van der Waals surface area contributed by atoms with E-state index in [1.165, 1.54) is 9.13 Å². The second kappa shape index (κ2) is 8.28. The number of piperazine rings is 1. The van der Waals surface area contributed by atoms with Crippen LogP contribution in [0, 0.1) is 14.9 Å². The molecule has 2 aliphatic heterocycles. The van der Waals surface area contributed by atoms with E-state index >= 15 is 0 Å². The van der Waals surface area contributed by atoms with Crippen molar-refractivity contribution in [3.05, 3.63) is 33.4 Å². The van der Waals surface area contributed by atoms with Crippen molar-refractivity contribution in [1.29, 1.82) is 5.26 Å². The number of likely N-dealkylation sites (tertiary alicyclic amines) is 1. The standard InChI is InChI=1S/C18H23IN4O/c19-16-4-1-3-15(11-16)13-21-7-9-22(10-8-21)14-18(24)23-6-2-5-17(23)12-20/h1,3-4,11,17H,2,5-10,13-14H2. The summed E-state index contributed by atoms with van der Waals surface area (Å²) in [5, 5.41) is 9.12. The predicted octanol–water partition coefficient (Wildman–Crippen LogP) is 1.92. The van der Waals surface area contributed by atoms with Gasteiger partial charge in [-0.2, -0.15) is 5.26 Å². The summed E-state index contributed by atoms with van der Waals surface area (Å²) in [5.74, 6) is 0.116. The number of carbonyl (C=O) groups is 1. The number of halogens is 1. The van der Waals surface area contributed by atoms with Gasteiger partial charge >= 0.3 is 0 Å². The average Bonchev–Trinajstić information content (AvgIpc) is 3.05. The monoisotopic (exact) mass is 438 g/mol. The van der Waals surface area contributed by atoms with Crippen LogP contribution in [0.5, 0.6) is 0 Å². The van der Waals surface area contributed by atoms with Gasteiger partial charge in [-0.3, -0.25) is 14.6 Å². The fourth-order valence-electron chi connectivity index (χ4n) is 3.48. The molecule has 1 aromatic rings. The van der Waals surface area contributed by atoms with Gasteiger partial charge in [0.2, 0.25) is 5.91 Å². The van der Waals surface area contributed by atoms with E-state index in [1.807, 2.05) is 0 Å². The zero-order valence-electron chi connectivity index (χ0n) is 13.8. The molecule has 1 atom stereocenters. The van der Waals surface area contributed by atoms with Crippen LogP contribution in [0.3, 0.4) is 0 Å². The lowest BCUT2D eigenvalue weighted by atomic mass is 10.2. The Balaban J connectivity index is 1.45. The first-order valence-electron chi connectivity index (χ1n) is 8.54. The van der Waals surface area contributed by atoms with E-state index in [-0.39, 0.29) is 11.9 Å². The summed E-state index contributed by atoms with van der Waals surface area (Å²) in [6, 6.07) is 10.7. The van der Waals surface area contributed by atoms with Crippen molar-refractivity contribution in [2.24, 2.45) is 0 Å². The molecular formula is C18H23IN4O. The van der Waals surface area contributed by atoms with E-state index in [0.29, 0.717) is 6.54 Å². The van der Waals surface area contributed by atoms with Crippen LogP contribution in [0.4, 0.5) is 0 Å². The quantitative estimate of drug-likeness (QED) is 0.675. The summed E-state index contributed by atoms with van der Waals surface area (Å²) >= 11 is 2.35. The fourth-order valence-corrected chi connectivity index (χ4v) is 4.09. The second-order valence-electron chi connectivity index (χ2n) is 6.56. The molecule has 24 heavy (non-hydrogen) atoms. The van der Waals surface area contributed by atoms with Crippen molar-refractivity contribution in [2.45, 2.75) is 25.4 Å². The van der Waals surface area contributed by atoms with E-state index < -0.39 is 0 Å². The molecule has 2 heterocycles. The minimum atomic E-state index is -0.209. The Morgan fingerprint density at radius 1 is 1.21 bits per heavy atom. The third-order valence-corrected chi connectivity index (χ3v) is 5.51. The van der Waals surface area contributed by atoms with E-state index in [2.05, 4.69) is 62.7 Å². The van der Waals surface area contributed by atoms with E-state index in [4.69, 9.17) is 5.26 Å². The van der Waals surface area contributed by atoms with E-state index in [1.54, 1.807) is 4.90 Å². The number of carbonyl (C=O) groups excluding carboxylic acids is 1. The van der Waals surface area contributed by atoms with Gasteiger partial charge in [-0.1, -0.05) is 12.1 Å². The summed E-state index contributed by atoms with van der Waals surface area (Å²) in [6.07, 6.45) is 1.78. The lowest BCUT2D eigenvalue weighted by Gasteiger charge is -2.35. The van der Waals surface area contributed by atoms with Crippen molar-refractivity contribution in [3.63, 3.8) is 0 Å². The Kier molecular flexibility index (Phi) is 6.09. The SMILES string of the molecule is N#CC1CCCN1C(=O)CN1CCN(Cc2cccc(I)c2)CC1. The third-order valence-electron chi connectivity index (χ3n) is 4.84. The number of rotatable bonds is 4. The van der Waals surface area contributed by atoms with Gasteiger partial charge in [0.25, 0.3) is 0 Å². The molecule has 5 nitrogen and oxygen atoms in total. The molecule has 0 aliphatic carbocycles. The zero-order valence-corrected chi connectivity index (χ0v) is 16.0. The van der Waals surface area contributed by atoms with Crippen LogP contribution in [0.15, 0.2) is 24.3 Å². The van der Waals surface area contributed by atoms with Crippen LogP contribution in [0.1, 0.15) is 18.4 Å². The molecule has 6 heteroatoms. The lowest BCUT2D eigenvalue weighted by Crippen LogP contribution is -2.50.